The van der Waals surface area contributed by atoms with Crippen molar-refractivity contribution in [2.24, 2.45) is 0 Å². The van der Waals surface area contributed by atoms with Gasteiger partial charge in [-0.25, -0.2) is 9.48 Å². The monoisotopic (exact) mass is 525 g/mol. The van der Waals surface area contributed by atoms with Gasteiger partial charge in [0.1, 0.15) is 11.9 Å². The number of nitroso groups, excluding NO2 is 1. The highest BCUT2D eigenvalue weighted by Crippen LogP contribution is 2.31. The van der Waals surface area contributed by atoms with E-state index in [1.165, 1.54) is 4.90 Å². The maximum atomic E-state index is 12.9. The van der Waals surface area contributed by atoms with Crippen LogP contribution in [0.5, 0.6) is 5.75 Å². The lowest BCUT2D eigenvalue weighted by Gasteiger charge is -2.24. The molecular weight excluding hydrogens is 496 g/mol. The molecule has 10 nitrogen and oxygen atoms in total. The summed E-state index contributed by atoms with van der Waals surface area (Å²) in [5.74, 6) is -0.0175. The largest absolute Gasteiger partial charge is 0.489 e. The lowest BCUT2D eigenvalue weighted by molar-refractivity contribution is -0.480. The number of aromatic nitrogens is 2. The van der Waals surface area contributed by atoms with E-state index in [0.29, 0.717) is 41.0 Å². The summed E-state index contributed by atoms with van der Waals surface area (Å²) >= 11 is 0. The number of piperidine rings is 1. The van der Waals surface area contributed by atoms with Gasteiger partial charge in [0, 0.05) is 54.8 Å². The van der Waals surface area contributed by atoms with Crippen LogP contribution in [0.4, 0.5) is 0 Å². The fraction of sp³-hybridized carbons (Fsp3) is 0.379. The minimum absolute atomic E-state index is 0.0291. The van der Waals surface area contributed by atoms with Crippen LogP contribution in [-0.4, -0.2) is 67.9 Å². The molecule has 2 saturated heterocycles. The first-order valence-electron chi connectivity index (χ1n) is 13.3. The molecule has 2 fully saturated rings. The Labute approximate surface area is 225 Å². The molecule has 2 amide bonds. The molecule has 3 aliphatic heterocycles. The first kappa shape index (κ1) is 24.9. The van der Waals surface area contributed by atoms with Gasteiger partial charge in [-0.3, -0.25) is 9.69 Å². The number of ether oxygens (including phenoxy) is 1. The third kappa shape index (κ3) is 4.81. The number of rotatable bonds is 6. The van der Waals surface area contributed by atoms with E-state index in [9.17, 15) is 14.5 Å². The van der Waals surface area contributed by atoms with Gasteiger partial charge >= 0.3 is 5.91 Å². The Morgan fingerprint density at radius 3 is 2.87 bits per heavy atom. The molecule has 3 aliphatic rings. The van der Waals surface area contributed by atoms with E-state index < -0.39 is 11.9 Å². The lowest BCUT2D eigenvalue weighted by Crippen LogP contribution is -2.48. The van der Waals surface area contributed by atoms with Crippen LogP contribution in [0.25, 0.3) is 5.69 Å². The predicted molar refractivity (Wildman–Crippen MR) is 140 cm³/mol. The third-order valence-electron chi connectivity index (χ3n) is 7.82. The highest BCUT2D eigenvalue weighted by atomic mass is 16.5. The highest BCUT2D eigenvalue weighted by Gasteiger charge is 2.45. The van der Waals surface area contributed by atoms with Crippen LogP contribution in [0.2, 0.25) is 0 Å². The number of nitriles is 1. The number of carbonyl (C=O) groups excluding carboxylic acids is 2. The zero-order chi connectivity index (χ0) is 27.1. The number of fused-ring (bicyclic) bond motifs is 1. The van der Waals surface area contributed by atoms with Crippen molar-refractivity contribution in [1.82, 2.24) is 19.6 Å². The van der Waals surface area contributed by atoms with Crippen molar-refractivity contribution < 1.29 is 19.1 Å². The molecule has 0 N–H and O–H groups in total. The summed E-state index contributed by atoms with van der Waals surface area (Å²) in [6.45, 7) is 4.87. The second-order valence-electron chi connectivity index (χ2n) is 10.5. The quantitative estimate of drug-likeness (QED) is 0.455. The van der Waals surface area contributed by atoms with Crippen LogP contribution in [0.15, 0.2) is 48.8 Å². The van der Waals surface area contributed by atoms with Gasteiger partial charge in [-0.1, -0.05) is 0 Å². The molecule has 0 aliphatic carbocycles. The molecule has 39 heavy (non-hydrogen) atoms. The molecule has 1 aromatic heterocycles. The highest BCUT2D eigenvalue weighted by molar-refractivity contribution is 6.00. The zero-order valence-electron chi connectivity index (χ0n) is 21.7. The summed E-state index contributed by atoms with van der Waals surface area (Å²) in [6.07, 6.45) is 5.92. The van der Waals surface area contributed by atoms with Crippen molar-refractivity contribution in [3.63, 3.8) is 0 Å². The SMILES string of the molecule is Cc1cc(-n2cc(CN3CCC(Oc4ccc5c(c4)CN(C4CCC[N+](=O)C4=O)C5=O)C3)cn2)ccc1C#N. The van der Waals surface area contributed by atoms with Crippen molar-refractivity contribution >= 4 is 11.8 Å². The summed E-state index contributed by atoms with van der Waals surface area (Å²) < 4.78 is 8.60. The van der Waals surface area contributed by atoms with Gasteiger partial charge < -0.3 is 9.64 Å². The van der Waals surface area contributed by atoms with Gasteiger partial charge in [0.2, 0.25) is 6.54 Å². The molecule has 198 valence electrons. The number of hydrogen-bond donors (Lipinski definition) is 0. The van der Waals surface area contributed by atoms with Gasteiger partial charge in [0.05, 0.1) is 28.3 Å². The molecular formula is C29H29N6O4+. The average Bonchev–Trinajstić information content (AvgIpc) is 3.65. The van der Waals surface area contributed by atoms with Crippen molar-refractivity contribution in [3.8, 4) is 17.5 Å². The molecule has 0 spiro atoms. The number of aryl methyl sites for hydroxylation is 1. The molecule has 0 radical (unpaired) electrons. The molecule has 2 aromatic carbocycles. The Morgan fingerprint density at radius 1 is 1.18 bits per heavy atom. The van der Waals surface area contributed by atoms with Crippen LogP contribution in [-0.2, 0) is 17.9 Å². The third-order valence-corrected chi connectivity index (χ3v) is 7.82. The number of carbonyl (C=O) groups is 2. The van der Waals surface area contributed by atoms with Crippen molar-refractivity contribution in [3.05, 3.63) is 81.5 Å². The van der Waals surface area contributed by atoms with Crippen LogP contribution in [0.3, 0.4) is 0 Å². The molecule has 6 rings (SSSR count). The maximum Gasteiger partial charge on any atom is 0.455 e. The van der Waals surface area contributed by atoms with Crippen LogP contribution in [0, 0.1) is 23.2 Å². The zero-order valence-corrected chi connectivity index (χ0v) is 21.7. The van der Waals surface area contributed by atoms with E-state index in [-0.39, 0.29) is 18.6 Å². The van der Waals surface area contributed by atoms with Crippen LogP contribution < -0.4 is 4.74 Å². The number of nitrogens with zero attached hydrogens (tertiary/aromatic N) is 6. The molecule has 2 unspecified atom stereocenters. The van der Waals surface area contributed by atoms with Crippen molar-refractivity contribution in [1.29, 1.82) is 5.26 Å². The number of likely N-dealkylation sites (tertiary alicyclic amines) is 1. The van der Waals surface area contributed by atoms with Crippen molar-refractivity contribution in [2.75, 3.05) is 19.6 Å². The standard InChI is InChI=1S/C29H29N6O4/c1-19-11-23(5-4-21(19)13-30)34-16-20(14-31-34)15-32-10-8-25(18-32)39-24-6-7-26-22(12-24)17-33(28(26)36)27-3-2-9-35(38)29(27)37/h4-7,11-12,14,16,25,27H,2-3,8-10,15,17-18H2,1H3/q+1. The van der Waals surface area contributed by atoms with E-state index in [1.807, 2.05) is 54.3 Å². The van der Waals surface area contributed by atoms with Gasteiger partial charge in [-0.05, 0) is 67.3 Å². The smallest absolute Gasteiger partial charge is 0.455 e. The van der Waals surface area contributed by atoms with E-state index >= 15 is 0 Å². The Balaban J connectivity index is 1.06. The Morgan fingerprint density at radius 2 is 2.05 bits per heavy atom. The minimum Gasteiger partial charge on any atom is -0.489 e. The van der Waals surface area contributed by atoms with Gasteiger partial charge in [-0.15, -0.1) is 0 Å². The van der Waals surface area contributed by atoms with Gasteiger partial charge in [0.15, 0.2) is 6.04 Å². The predicted octanol–water partition coefficient (Wildman–Crippen LogP) is 3.13. The number of hydrogen-bond acceptors (Lipinski definition) is 7. The molecule has 4 heterocycles. The Kier molecular flexibility index (Phi) is 6.45. The van der Waals surface area contributed by atoms with E-state index in [2.05, 4.69) is 16.1 Å². The minimum atomic E-state index is -0.686. The normalized spacial score (nSPS) is 21.3. The maximum absolute atomic E-state index is 12.9. The molecule has 3 aromatic rings. The molecule has 0 bridgehead atoms. The number of amides is 2. The molecule has 2 atom stereocenters. The molecule has 10 heteroatoms. The second kappa shape index (κ2) is 10.1. The first-order chi connectivity index (χ1) is 18.9. The van der Waals surface area contributed by atoms with E-state index in [0.717, 1.165) is 48.4 Å². The molecule has 0 saturated carbocycles. The summed E-state index contributed by atoms with van der Waals surface area (Å²) in [5, 5.41) is 13.7. The van der Waals surface area contributed by atoms with Gasteiger partial charge in [0.25, 0.3) is 5.91 Å². The first-order valence-corrected chi connectivity index (χ1v) is 13.3. The number of benzene rings is 2. The summed E-state index contributed by atoms with van der Waals surface area (Å²) in [7, 11) is 0. The summed E-state index contributed by atoms with van der Waals surface area (Å²) in [6, 6.07) is 12.7. The van der Waals surface area contributed by atoms with E-state index in [1.54, 1.807) is 6.07 Å². The van der Waals surface area contributed by atoms with Crippen molar-refractivity contribution in [2.45, 2.75) is 51.4 Å². The Hall–Kier alpha value is -4.36. The average molecular weight is 526 g/mol. The fourth-order valence-corrected chi connectivity index (χ4v) is 5.75. The lowest BCUT2D eigenvalue weighted by atomic mass is 10.1. The fourth-order valence-electron chi connectivity index (χ4n) is 5.75. The van der Waals surface area contributed by atoms with E-state index in [4.69, 9.17) is 10.00 Å². The topological polar surface area (TPSA) is 112 Å². The summed E-state index contributed by atoms with van der Waals surface area (Å²) in [5.41, 5.74) is 5.01. The Bertz CT molecular complexity index is 1520. The van der Waals surface area contributed by atoms with Gasteiger partial charge in [-0.2, -0.15) is 10.4 Å². The van der Waals surface area contributed by atoms with Crippen LogP contribution >= 0.6 is 0 Å². The second-order valence-corrected chi connectivity index (χ2v) is 10.5. The van der Waals surface area contributed by atoms with Crippen LogP contribution in [0.1, 0.15) is 51.9 Å². The summed E-state index contributed by atoms with van der Waals surface area (Å²) in [4.78, 5) is 41.0.